The molecule has 1 amide bonds. The number of amides is 1. The van der Waals surface area contributed by atoms with Crippen LogP contribution in [-0.4, -0.2) is 32.6 Å². The fourth-order valence-corrected chi connectivity index (χ4v) is 4.72. The maximum Gasteiger partial charge on any atom is 0.254 e. The minimum atomic E-state index is -1.23. The van der Waals surface area contributed by atoms with Crippen LogP contribution in [0.1, 0.15) is 55.2 Å². The molecule has 3 N–H and O–H groups in total. The number of anilines is 1. The average Bonchev–Trinajstić information content (AvgIpc) is 3.56. The number of aryl methyl sites for hydroxylation is 1. The van der Waals surface area contributed by atoms with Crippen LogP contribution in [0, 0.1) is 0 Å². The Labute approximate surface area is 199 Å². The van der Waals surface area contributed by atoms with E-state index >= 15 is 0 Å². The van der Waals surface area contributed by atoms with Gasteiger partial charge in [-0.05, 0) is 48.9 Å². The van der Waals surface area contributed by atoms with Crippen molar-refractivity contribution in [2.75, 3.05) is 5.32 Å². The molecule has 0 radical (unpaired) electrons. The van der Waals surface area contributed by atoms with E-state index in [0.717, 1.165) is 12.0 Å². The molecule has 1 fully saturated rings. The summed E-state index contributed by atoms with van der Waals surface area (Å²) < 4.78 is 41.1. The summed E-state index contributed by atoms with van der Waals surface area (Å²) in [4.78, 5) is 29.2. The van der Waals surface area contributed by atoms with Gasteiger partial charge in [0.1, 0.15) is 11.9 Å². The van der Waals surface area contributed by atoms with Crippen LogP contribution < -0.4 is 16.2 Å². The van der Waals surface area contributed by atoms with E-state index in [1.54, 1.807) is 0 Å². The van der Waals surface area contributed by atoms with Gasteiger partial charge in [0.05, 0.1) is 13.0 Å². The van der Waals surface area contributed by atoms with Crippen molar-refractivity contribution in [1.82, 2.24) is 14.9 Å². The van der Waals surface area contributed by atoms with Crippen LogP contribution in [0.15, 0.2) is 71.5 Å². The lowest BCUT2D eigenvalue weighted by molar-refractivity contribution is -0.119. The molecule has 0 bridgehead atoms. The number of benzene rings is 2. The highest BCUT2D eigenvalue weighted by Gasteiger charge is 2.31. The van der Waals surface area contributed by atoms with E-state index in [1.807, 2.05) is 24.3 Å². The third-order valence-corrected chi connectivity index (χ3v) is 6.39. The van der Waals surface area contributed by atoms with Gasteiger partial charge >= 0.3 is 0 Å². The zero-order chi connectivity index (χ0) is 27.1. The Hall–Kier alpha value is -3.29. The summed E-state index contributed by atoms with van der Waals surface area (Å²) in [5.74, 6) is 0.362. The van der Waals surface area contributed by atoms with Gasteiger partial charge in [0.2, 0.25) is 5.91 Å². The van der Waals surface area contributed by atoms with Crippen LogP contribution in [0.2, 0.25) is 0 Å². The summed E-state index contributed by atoms with van der Waals surface area (Å²) in [5, 5.41) is 17.1. The Balaban J connectivity index is 1.20. The molecule has 5 rings (SSSR count). The number of hydrogen-bond acceptors (Lipinski definition) is 5. The quantitative estimate of drug-likeness (QED) is 0.538. The van der Waals surface area contributed by atoms with Crippen molar-refractivity contribution < 1.29 is 16.8 Å². The third-order valence-electron chi connectivity index (χ3n) is 6.39. The van der Waals surface area contributed by atoms with Crippen molar-refractivity contribution in [2.45, 2.75) is 56.3 Å². The number of carbonyl (C=O) groups is 1. The first-order valence-corrected chi connectivity index (χ1v) is 11.1. The van der Waals surface area contributed by atoms with Crippen LogP contribution >= 0.6 is 0 Å². The number of hydrogen-bond donors (Lipinski definition) is 3. The van der Waals surface area contributed by atoms with Crippen LogP contribution in [0.5, 0.6) is 0 Å². The predicted molar refractivity (Wildman–Crippen MR) is 126 cm³/mol. The Morgan fingerprint density at radius 1 is 1.18 bits per heavy atom. The van der Waals surface area contributed by atoms with Gasteiger partial charge in [0.15, 0.2) is 0 Å². The first-order valence-electron chi connectivity index (χ1n) is 13.6. The van der Waals surface area contributed by atoms with E-state index in [4.69, 9.17) is 6.85 Å². The molecule has 3 heterocycles. The van der Waals surface area contributed by atoms with Gasteiger partial charge in [-0.25, -0.2) is 4.98 Å². The van der Waals surface area contributed by atoms with E-state index in [2.05, 4.69) is 15.6 Å². The van der Waals surface area contributed by atoms with Gasteiger partial charge < -0.3 is 15.7 Å². The summed E-state index contributed by atoms with van der Waals surface area (Å²) in [6, 6.07) is 5.66. The number of aliphatic hydroxyl groups is 1. The second-order valence-electron chi connectivity index (χ2n) is 8.55. The number of aliphatic hydroxyl groups excluding tert-OH is 1. The topological polar surface area (TPSA) is 96.2 Å². The Morgan fingerprint density at radius 2 is 1.97 bits per heavy atom. The van der Waals surface area contributed by atoms with E-state index in [0.29, 0.717) is 37.2 Å². The molecule has 2 aliphatic heterocycles. The largest absolute Gasteiger partial charge is 0.387 e. The molecular weight excluding hydrogens is 416 g/mol. The average molecular weight is 450 g/mol. The second kappa shape index (κ2) is 9.29. The first-order chi connectivity index (χ1) is 18.2. The highest BCUT2D eigenvalue weighted by atomic mass is 16.3. The maximum absolute atomic E-state index is 12.8. The molecule has 7 nitrogen and oxygen atoms in total. The summed E-state index contributed by atoms with van der Waals surface area (Å²) in [6.07, 6.45) is 3.35. The third kappa shape index (κ3) is 4.60. The van der Waals surface area contributed by atoms with Gasteiger partial charge in [0, 0.05) is 36.5 Å². The summed E-state index contributed by atoms with van der Waals surface area (Å²) in [7, 11) is 0. The lowest BCUT2D eigenvalue weighted by Crippen LogP contribution is -2.35. The lowest BCUT2D eigenvalue weighted by atomic mass is 10.0. The van der Waals surface area contributed by atoms with Crippen molar-refractivity contribution in [2.24, 2.45) is 0 Å². The normalized spacial score (nSPS) is 24.8. The van der Waals surface area contributed by atoms with Crippen molar-refractivity contribution in [3.8, 4) is 0 Å². The summed E-state index contributed by atoms with van der Waals surface area (Å²) in [5.41, 5.74) is 1.32. The Bertz CT molecular complexity index is 1420. The van der Waals surface area contributed by atoms with Gasteiger partial charge in [-0.2, -0.15) is 0 Å². The summed E-state index contributed by atoms with van der Waals surface area (Å²) in [6.45, 7) is 0. The molecule has 170 valence electrons. The fourth-order valence-electron chi connectivity index (χ4n) is 4.72. The van der Waals surface area contributed by atoms with Crippen LogP contribution in [0.3, 0.4) is 0 Å². The first kappa shape index (κ1) is 16.3. The minimum Gasteiger partial charge on any atom is -0.387 e. The molecular formula is C26H28N4O3. The second-order valence-corrected chi connectivity index (χ2v) is 8.55. The predicted octanol–water partition coefficient (Wildman–Crippen LogP) is 2.77. The number of carbonyl (C=O) groups excluding carboxylic acids is 1. The molecule has 2 aliphatic rings. The fraction of sp³-hybridized carbons (Fsp3) is 0.346. The highest BCUT2D eigenvalue weighted by molar-refractivity contribution is 5.94. The Morgan fingerprint density at radius 3 is 2.76 bits per heavy atom. The van der Waals surface area contributed by atoms with Gasteiger partial charge in [-0.15, -0.1) is 0 Å². The Kier molecular flexibility index (Phi) is 4.60. The molecule has 33 heavy (non-hydrogen) atoms. The molecule has 7 heteroatoms. The number of rotatable bonds is 6. The summed E-state index contributed by atoms with van der Waals surface area (Å²) >= 11 is 0. The van der Waals surface area contributed by atoms with E-state index in [1.165, 1.54) is 16.8 Å². The van der Waals surface area contributed by atoms with E-state index in [-0.39, 0.29) is 35.2 Å². The smallest absolute Gasteiger partial charge is 0.254 e. The van der Waals surface area contributed by atoms with Crippen molar-refractivity contribution in [3.63, 3.8) is 0 Å². The standard InChI is InChI=1S/C26H28N4O3/c31-24-14-15-27-23-13-12-22(30(23)24)26(33)29-19-8-6-17(7-9-19)16-20-10-11-21(28-20)25(32)18-4-2-1-3-5-18/h1-9,14-15,20-22,25,28,32H,10-13,16H2,(H,29,33)/t20-,21+,22-,25-/m0/s1/i1D,2D,3D,4D,5D. The molecule has 4 atom stereocenters. The monoisotopic (exact) mass is 449 g/mol. The molecule has 3 aromatic rings. The van der Waals surface area contributed by atoms with E-state index < -0.39 is 36.3 Å². The molecule has 2 aromatic carbocycles. The number of nitrogens with one attached hydrogen (secondary N) is 2. The SMILES string of the molecule is [2H]c1c([2H])c([2H])c([C@H](O)[C@H]2CC[C@@H](Cc3ccc(NC(=O)[C@@H]4CCc5nccc(=O)n54)cc3)N2)c([2H])c1[2H]. The minimum absolute atomic E-state index is 0.0363. The molecule has 0 spiro atoms. The van der Waals surface area contributed by atoms with Crippen molar-refractivity contribution in [3.05, 3.63) is 94.0 Å². The van der Waals surface area contributed by atoms with E-state index in [9.17, 15) is 14.7 Å². The van der Waals surface area contributed by atoms with Gasteiger partial charge in [-0.1, -0.05) is 42.3 Å². The van der Waals surface area contributed by atoms with Gasteiger partial charge in [0.25, 0.3) is 5.56 Å². The molecule has 0 unspecified atom stereocenters. The number of fused-ring (bicyclic) bond motifs is 1. The molecule has 0 saturated carbocycles. The maximum atomic E-state index is 12.8. The molecule has 1 saturated heterocycles. The zero-order valence-electron chi connectivity index (χ0n) is 23.0. The molecule has 0 aliphatic carbocycles. The van der Waals surface area contributed by atoms with Crippen LogP contribution in [0.25, 0.3) is 0 Å². The lowest BCUT2D eigenvalue weighted by Gasteiger charge is -2.20. The number of aromatic nitrogens is 2. The highest BCUT2D eigenvalue weighted by Crippen LogP contribution is 2.27. The molecule has 1 aromatic heterocycles. The van der Waals surface area contributed by atoms with Crippen LogP contribution in [0.4, 0.5) is 5.69 Å². The van der Waals surface area contributed by atoms with Crippen molar-refractivity contribution >= 4 is 11.6 Å². The van der Waals surface area contributed by atoms with Gasteiger partial charge in [-0.3, -0.25) is 14.2 Å². The van der Waals surface area contributed by atoms with Crippen molar-refractivity contribution in [1.29, 1.82) is 0 Å². The zero-order valence-corrected chi connectivity index (χ0v) is 18.0. The van der Waals surface area contributed by atoms with Crippen LogP contribution in [-0.2, 0) is 17.6 Å². The number of nitrogens with zero attached hydrogens (tertiary/aromatic N) is 2.